The summed E-state index contributed by atoms with van der Waals surface area (Å²) in [5.74, 6) is 0. The molecule has 4 N–H and O–H groups in total. The number of nitriles is 1. The Morgan fingerprint density at radius 2 is 2.25 bits per heavy atom. The molecule has 1 saturated heterocycles. The predicted octanol–water partition coefficient (Wildman–Crippen LogP) is 0.924. The van der Waals surface area contributed by atoms with Crippen LogP contribution in [0.25, 0.3) is 5.52 Å². The number of carbonyl (C=O) groups excluding carboxylic acids is 1. The zero-order valence-corrected chi connectivity index (χ0v) is 15.5. The van der Waals surface area contributed by atoms with Crippen LogP contribution >= 0.6 is 0 Å². The van der Waals surface area contributed by atoms with E-state index in [4.69, 9.17) is 19.9 Å². The Hall–Kier alpha value is -2.87. The maximum atomic E-state index is 11.8. The highest BCUT2D eigenvalue weighted by atomic mass is 16.7. The molecule has 0 unspecified atom stereocenters. The Morgan fingerprint density at radius 1 is 1.50 bits per heavy atom. The van der Waals surface area contributed by atoms with E-state index in [-0.39, 0.29) is 6.10 Å². The molecule has 1 fully saturated rings. The Kier molecular flexibility index (Phi) is 5.42. The molecule has 1 aliphatic heterocycles. The van der Waals surface area contributed by atoms with Crippen molar-refractivity contribution in [1.82, 2.24) is 9.61 Å². The number of nitrogens with two attached hydrogens (primary N) is 1. The molecule has 3 heterocycles. The molecular formula is C18H22N4O6. The van der Waals surface area contributed by atoms with Crippen molar-refractivity contribution < 1.29 is 29.2 Å². The molecule has 0 spiro atoms. The van der Waals surface area contributed by atoms with E-state index >= 15 is 0 Å². The van der Waals surface area contributed by atoms with Crippen LogP contribution in [0.3, 0.4) is 0 Å². The zero-order chi connectivity index (χ0) is 20.5. The number of aromatic nitrogens is 2. The van der Waals surface area contributed by atoms with E-state index in [0.29, 0.717) is 23.3 Å². The molecule has 10 heteroatoms. The maximum absolute atomic E-state index is 11.8. The Balaban J connectivity index is 1.82. The minimum absolute atomic E-state index is 0.359. The number of nitrogens with zero attached hydrogens (tertiary/aromatic N) is 3. The van der Waals surface area contributed by atoms with Gasteiger partial charge >= 0.3 is 6.16 Å². The fourth-order valence-corrected chi connectivity index (χ4v) is 3.01. The van der Waals surface area contributed by atoms with E-state index in [1.807, 2.05) is 13.0 Å². The standard InChI is InChI=1S/C18H22N4O6/c1-3-10(2)27-17(25)26-9-18(8-19)16(24)14(23)15(28-18)13-5-4-12-11(20)6-7-21-22(12)13/h4-7,10,14-16,23-24H,3,9,20H2,1-2H3/t10-,14+,15+,16+,18-/m1/s1. The first-order valence-corrected chi connectivity index (χ1v) is 8.83. The van der Waals surface area contributed by atoms with Gasteiger partial charge in [0.05, 0.1) is 16.9 Å². The number of carbonyl (C=O) groups is 1. The number of ether oxygens (including phenoxy) is 3. The molecule has 150 valence electrons. The lowest BCUT2D eigenvalue weighted by atomic mass is 9.96. The summed E-state index contributed by atoms with van der Waals surface area (Å²) in [6.07, 6.45) is -3.42. The van der Waals surface area contributed by atoms with Crippen molar-refractivity contribution in [3.63, 3.8) is 0 Å². The third-order valence-electron chi connectivity index (χ3n) is 4.82. The van der Waals surface area contributed by atoms with Gasteiger partial charge in [-0.3, -0.25) is 0 Å². The summed E-state index contributed by atoms with van der Waals surface area (Å²) < 4.78 is 17.1. The van der Waals surface area contributed by atoms with Crippen LogP contribution in [0.5, 0.6) is 0 Å². The van der Waals surface area contributed by atoms with Crippen LogP contribution in [-0.2, 0) is 14.2 Å². The lowest BCUT2D eigenvalue weighted by molar-refractivity contribution is -0.0883. The first-order valence-electron chi connectivity index (χ1n) is 8.83. The van der Waals surface area contributed by atoms with Crippen LogP contribution < -0.4 is 5.73 Å². The highest BCUT2D eigenvalue weighted by Gasteiger charge is 2.57. The molecule has 10 nitrogen and oxygen atoms in total. The fraction of sp³-hybridized carbons (Fsp3) is 0.500. The number of anilines is 1. The van der Waals surface area contributed by atoms with Gasteiger partial charge in [0.1, 0.15) is 37.1 Å². The Morgan fingerprint density at radius 3 is 2.93 bits per heavy atom. The molecule has 1 aliphatic rings. The lowest BCUT2D eigenvalue weighted by Crippen LogP contribution is -2.46. The number of nitrogen functional groups attached to an aromatic ring is 1. The normalized spacial score (nSPS) is 28.0. The topological polar surface area (TPSA) is 152 Å². The summed E-state index contributed by atoms with van der Waals surface area (Å²) in [6.45, 7) is 2.92. The van der Waals surface area contributed by atoms with E-state index in [2.05, 4.69) is 5.10 Å². The van der Waals surface area contributed by atoms with Crippen LogP contribution in [0.4, 0.5) is 10.5 Å². The monoisotopic (exact) mass is 390 g/mol. The average molecular weight is 390 g/mol. The molecule has 0 aromatic carbocycles. The van der Waals surface area contributed by atoms with Gasteiger partial charge in [-0.05, 0) is 31.5 Å². The fourth-order valence-electron chi connectivity index (χ4n) is 3.01. The lowest BCUT2D eigenvalue weighted by Gasteiger charge is -2.24. The Bertz CT molecular complexity index is 909. The molecule has 0 radical (unpaired) electrons. The molecule has 28 heavy (non-hydrogen) atoms. The van der Waals surface area contributed by atoms with Gasteiger partial charge in [-0.2, -0.15) is 10.4 Å². The summed E-state index contributed by atoms with van der Waals surface area (Å²) in [5, 5.41) is 34.7. The molecule has 2 aromatic rings. The summed E-state index contributed by atoms with van der Waals surface area (Å²) in [6, 6.07) is 6.75. The van der Waals surface area contributed by atoms with Crippen LogP contribution in [0.1, 0.15) is 32.1 Å². The smallest absolute Gasteiger partial charge is 0.431 e. The number of rotatable bonds is 5. The molecule has 5 atom stereocenters. The quantitative estimate of drug-likeness (QED) is 0.633. The molecule has 2 aromatic heterocycles. The van der Waals surface area contributed by atoms with Crippen LogP contribution in [0.2, 0.25) is 0 Å². The second-order valence-electron chi connectivity index (χ2n) is 6.69. The Labute approximate surface area is 161 Å². The second kappa shape index (κ2) is 7.63. The number of fused-ring (bicyclic) bond motifs is 1. The van der Waals surface area contributed by atoms with Crippen molar-refractivity contribution in [3.8, 4) is 6.07 Å². The SMILES string of the molecule is CC[C@@H](C)OC(=O)OC[C@@]1(C#N)O[C@@H](c2ccc3c(N)ccnn23)[C@H](O)[C@@H]1O. The van der Waals surface area contributed by atoms with E-state index in [1.54, 1.807) is 25.1 Å². The summed E-state index contributed by atoms with van der Waals surface area (Å²) in [4.78, 5) is 11.8. The van der Waals surface area contributed by atoms with Crippen LogP contribution in [0.15, 0.2) is 24.4 Å². The van der Waals surface area contributed by atoms with E-state index in [0.717, 1.165) is 0 Å². The van der Waals surface area contributed by atoms with Gasteiger partial charge in [-0.15, -0.1) is 0 Å². The first kappa shape index (κ1) is 19.9. The van der Waals surface area contributed by atoms with Crippen molar-refractivity contribution >= 4 is 17.4 Å². The molecule has 0 bridgehead atoms. The third kappa shape index (κ3) is 3.35. The largest absolute Gasteiger partial charge is 0.508 e. The van der Waals surface area contributed by atoms with Crippen LogP contribution in [0, 0.1) is 11.3 Å². The summed E-state index contributed by atoms with van der Waals surface area (Å²) in [5.41, 5.74) is 5.40. The van der Waals surface area contributed by atoms with Crippen molar-refractivity contribution in [1.29, 1.82) is 5.26 Å². The van der Waals surface area contributed by atoms with Crippen molar-refractivity contribution in [2.24, 2.45) is 0 Å². The van der Waals surface area contributed by atoms with Crippen molar-refractivity contribution in [3.05, 3.63) is 30.1 Å². The van der Waals surface area contributed by atoms with Gasteiger partial charge in [0, 0.05) is 6.20 Å². The van der Waals surface area contributed by atoms with E-state index in [1.165, 1.54) is 10.7 Å². The summed E-state index contributed by atoms with van der Waals surface area (Å²) in [7, 11) is 0. The third-order valence-corrected chi connectivity index (χ3v) is 4.82. The van der Waals surface area contributed by atoms with E-state index in [9.17, 15) is 20.3 Å². The highest BCUT2D eigenvalue weighted by Crippen LogP contribution is 2.40. The summed E-state index contributed by atoms with van der Waals surface area (Å²) >= 11 is 0. The minimum atomic E-state index is -1.96. The number of hydrogen-bond donors (Lipinski definition) is 3. The molecule has 0 saturated carbocycles. The van der Waals surface area contributed by atoms with Gasteiger partial charge in [0.25, 0.3) is 0 Å². The first-order chi connectivity index (χ1) is 13.3. The zero-order valence-electron chi connectivity index (χ0n) is 15.5. The highest BCUT2D eigenvalue weighted by molar-refractivity contribution is 5.69. The predicted molar refractivity (Wildman–Crippen MR) is 96.0 cm³/mol. The van der Waals surface area contributed by atoms with E-state index < -0.39 is 36.7 Å². The van der Waals surface area contributed by atoms with Gasteiger partial charge in [0.15, 0.2) is 0 Å². The molecule has 3 rings (SSSR count). The van der Waals surface area contributed by atoms with Gasteiger partial charge in [0.2, 0.25) is 5.60 Å². The number of hydrogen-bond acceptors (Lipinski definition) is 9. The average Bonchev–Trinajstić information content (AvgIpc) is 3.22. The second-order valence-corrected chi connectivity index (χ2v) is 6.69. The van der Waals surface area contributed by atoms with Gasteiger partial charge in [-0.25, -0.2) is 9.31 Å². The van der Waals surface area contributed by atoms with Gasteiger partial charge < -0.3 is 30.2 Å². The van der Waals surface area contributed by atoms with Crippen molar-refractivity contribution in [2.45, 2.75) is 50.3 Å². The molecular weight excluding hydrogens is 368 g/mol. The molecule has 0 amide bonds. The van der Waals surface area contributed by atoms with Crippen LogP contribution in [-0.4, -0.2) is 56.5 Å². The molecule has 0 aliphatic carbocycles. The number of aliphatic hydroxyl groups is 2. The van der Waals surface area contributed by atoms with Gasteiger partial charge in [-0.1, -0.05) is 6.92 Å². The minimum Gasteiger partial charge on any atom is -0.431 e. The number of aliphatic hydroxyl groups excluding tert-OH is 2. The van der Waals surface area contributed by atoms with Crippen molar-refractivity contribution in [2.75, 3.05) is 12.3 Å². The maximum Gasteiger partial charge on any atom is 0.508 e.